The highest BCUT2D eigenvalue weighted by Gasteiger charge is 2.61. The van der Waals surface area contributed by atoms with Crippen LogP contribution in [0.5, 0.6) is 0 Å². The molecule has 2 aliphatic carbocycles. The Labute approximate surface area is 133 Å². The van der Waals surface area contributed by atoms with Gasteiger partial charge in [-0.3, -0.25) is 9.89 Å². The average Bonchev–Trinajstić information content (AvgIpc) is 2.81. The highest BCUT2D eigenvalue weighted by molar-refractivity contribution is 6.31. The average molecular weight is 320 g/mol. The molecule has 2 aliphatic rings. The molecule has 0 aliphatic heterocycles. The summed E-state index contributed by atoms with van der Waals surface area (Å²) in [6.07, 6.45) is 3.20. The number of hydrogen-bond acceptors (Lipinski definition) is 3. The number of aromatic nitrogens is 2. The van der Waals surface area contributed by atoms with Crippen LogP contribution in [0.4, 0.5) is 0 Å². The number of aliphatic hydroxyl groups is 1. The number of rotatable bonds is 3. The summed E-state index contributed by atoms with van der Waals surface area (Å²) in [4.78, 5) is 11.0. The summed E-state index contributed by atoms with van der Waals surface area (Å²) in [5.74, 6) is 1.48. The van der Waals surface area contributed by atoms with Crippen LogP contribution in [0.15, 0.2) is 18.3 Å². The van der Waals surface area contributed by atoms with E-state index in [-0.39, 0.29) is 5.91 Å². The third-order valence-corrected chi connectivity index (χ3v) is 5.49. The maximum Gasteiger partial charge on any atom is 0.216 e. The van der Waals surface area contributed by atoms with Gasteiger partial charge in [0.05, 0.1) is 17.3 Å². The Hall–Kier alpha value is -1.59. The molecule has 116 valence electrons. The summed E-state index contributed by atoms with van der Waals surface area (Å²) in [6, 6.07) is 3.68. The summed E-state index contributed by atoms with van der Waals surface area (Å²) >= 11 is 6.18. The summed E-state index contributed by atoms with van der Waals surface area (Å²) in [6.45, 7) is 2.26. The van der Waals surface area contributed by atoms with Crippen LogP contribution in [-0.4, -0.2) is 27.8 Å². The van der Waals surface area contributed by atoms with E-state index in [1.807, 2.05) is 12.1 Å². The predicted octanol–water partition coefficient (Wildman–Crippen LogP) is 2.20. The smallest absolute Gasteiger partial charge is 0.216 e. The fourth-order valence-electron chi connectivity index (χ4n) is 4.18. The number of carbonyl (C=O) groups is 1. The quantitative estimate of drug-likeness (QED) is 0.811. The molecule has 1 amide bonds. The maximum atomic E-state index is 11.1. The number of hydrogen-bond donors (Lipinski definition) is 3. The molecule has 0 radical (unpaired) electrons. The number of nitrogens with zero attached hydrogens (tertiary/aromatic N) is 1. The van der Waals surface area contributed by atoms with Gasteiger partial charge in [-0.05, 0) is 48.3 Å². The SMILES string of the molecule is CC(=O)NC[C@H]1[C@H]2C[C@](O)(c3cc(Cl)cc4[nH]ncc34)C[C@@H]12. The molecule has 0 saturated heterocycles. The van der Waals surface area contributed by atoms with Crippen molar-refractivity contribution in [2.24, 2.45) is 17.8 Å². The standard InChI is InChI=1S/C16H18ClN3O2/c1-8(21)18-6-12-10-4-16(22,5-11(10)12)14-2-9(17)3-15-13(14)7-19-20-15/h2-3,7,10-12,22H,4-6H2,1H3,(H,18,21)(H,19,20)/t10-,11+,12-,16+. The Balaban J connectivity index is 1.57. The summed E-state index contributed by atoms with van der Waals surface area (Å²) < 4.78 is 0. The lowest BCUT2D eigenvalue weighted by atomic mass is 9.85. The molecule has 0 unspecified atom stereocenters. The Morgan fingerprint density at radius 3 is 2.91 bits per heavy atom. The monoisotopic (exact) mass is 319 g/mol. The van der Waals surface area contributed by atoms with Crippen molar-refractivity contribution in [3.05, 3.63) is 28.9 Å². The Kier molecular flexibility index (Phi) is 3.00. The van der Waals surface area contributed by atoms with Crippen LogP contribution in [0, 0.1) is 17.8 Å². The molecular weight excluding hydrogens is 302 g/mol. The van der Waals surface area contributed by atoms with Crippen LogP contribution < -0.4 is 5.32 Å². The minimum absolute atomic E-state index is 0.00943. The van der Waals surface area contributed by atoms with Crippen molar-refractivity contribution >= 4 is 28.4 Å². The normalized spacial score (nSPS) is 33.0. The minimum Gasteiger partial charge on any atom is -0.385 e. The van der Waals surface area contributed by atoms with Crippen molar-refractivity contribution in [2.45, 2.75) is 25.4 Å². The highest BCUT2D eigenvalue weighted by atomic mass is 35.5. The number of benzene rings is 1. The van der Waals surface area contributed by atoms with E-state index < -0.39 is 5.60 Å². The zero-order valence-electron chi connectivity index (χ0n) is 12.3. The second kappa shape index (κ2) is 4.70. The molecule has 22 heavy (non-hydrogen) atoms. The van der Waals surface area contributed by atoms with E-state index in [0.29, 0.717) is 22.8 Å². The molecule has 1 aromatic carbocycles. The Morgan fingerprint density at radius 1 is 1.50 bits per heavy atom. The second-order valence-electron chi connectivity index (χ2n) is 6.65. The molecule has 3 N–H and O–H groups in total. The third-order valence-electron chi connectivity index (χ3n) is 5.27. The van der Waals surface area contributed by atoms with E-state index in [1.54, 1.807) is 6.20 Å². The van der Waals surface area contributed by atoms with Gasteiger partial charge in [0.1, 0.15) is 0 Å². The van der Waals surface area contributed by atoms with Gasteiger partial charge in [0.2, 0.25) is 5.91 Å². The van der Waals surface area contributed by atoms with E-state index in [1.165, 1.54) is 6.92 Å². The summed E-state index contributed by atoms with van der Waals surface area (Å²) in [5.41, 5.74) is 0.884. The fourth-order valence-corrected chi connectivity index (χ4v) is 4.40. The molecule has 5 nitrogen and oxygen atoms in total. The molecule has 4 atom stereocenters. The minimum atomic E-state index is -0.838. The van der Waals surface area contributed by atoms with Crippen LogP contribution in [-0.2, 0) is 10.4 Å². The third kappa shape index (κ3) is 2.11. The molecule has 4 rings (SSSR count). The topological polar surface area (TPSA) is 78.0 Å². The van der Waals surface area contributed by atoms with Crippen molar-refractivity contribution in [1.82, 2.24) is 15.5 Å². The van der Waals surface area contributed by atoms with Crippen molar-refractivity contribution in [3.8, 4) is 0 Å². The van der Waals surface area contributed by atoms with E-state index in [2.05, 4.69) is 15.5 Å². The fraction of sp³-hybridized carbons (Fsp3) is 0.500. The summed E-state index contributed by atoms with van der Waals surface area (Å²) in [5, 5.41) is 22.5. The van der Waals surface area contributed by atoms with Crippen LogP contribution in [0.2, 0.25) is 5.02 Å². The molecule has 2 fully saturated rings. The highest BCUT2D eigenvalue weighted by Crippen LogP contribution is 2.63. The van der Waals surface area contributed by atoms with Crippen molar-refractivity contribution in [3.63, 3.8) is 0 Å². The van der Waals surface area contributed by atoms with Crippen LogP contribution in [0.3, 0.4) is 0 Å². The van der Waals surface area contributed by atoms with Gasteiger partial charge in [0.15, 0.2) is 0 Å². The van der Waals surface area contributed by atoms with Crippen LogP contribution in [0.1, 0.15) is 25.3 Å². The largest absolute Gasteiger partial charge is 0.385 e. The van der Waals surface area contributed by atoms with Crippen molar-refractivity contribution in [1.29, 1.82) is 0 Å². The summed E-state index contributed by atoms with van der Waals surface area (Å²) in [7, 11) is 0. The predicted molar refractivity (Wildman–Crippen MR) is 83.4 cm³/mol. The molecule has 1 aromatic heterocycles. The van der Waals surface area contributed by atoms with E-state index >= 15 is 0 Å². The molecular formula is C16H18ClN3O2. The Morgan fingerprint density at radius 2 is 2.23 bits per heavy atom. The zero-order valence-corrected chi connectivity index (χ0v) is 13.0. The first-order chi connectivity index (χ1) is 10.5. The zero-order chi connectivity index (χ0) is 15.5. The van der Waals surface area contributed by atoms with Gasteiger partial charge in [-0.25, -0.2) is 0 Å². The van der Waals surface area contributed by atoms with Crippen LogP contribution >= 0.6 is 11.6 Å². The van der Waals surface area contributed by atoms with Gasteiger partial charge in [-0.1, -0.05) is 11.6 Å². The van der Waals surface area contributed by atoms with Gasteiger partial charge in [0, 0.05) is 23.9 Å². The number of halogens is 1. The van der Waals surface area contributed by atoms with Gasteiger partial charge in [0.25, 0.3) is 0 Å². The van der Waals surface area contributed by atoms with E-state index in [4.69, 9.17) is 11.6 Å². The van der Waals surface area contributed by atoms with Gasteiger partial charge >= 0.3 is 0 Å². The number of H-pyrrole nitrogens is 1. The number of aromatic amines is 1. The van der Waals surface area contributed by atoms with Gasteiger partial charge < -0.3 is 10.4 Å². The lowest BCUT2D eigenvalue weighted by molar-refractivity contribution is -0.119. The Bertz CT molecular complexity index is 745. The first kappa shape index (κ1) is 14.0. The number of nitrogens with one attached hydrogen (secondary N) is 2. The number of fused-ring (bicyclic) bond motifs is 2. The number of carbonyl (C=O) groups excluding carboxylic acids is 1. The number of amides is 1. The molecule has 1 heterocycles. The first-order valence-electron chi connectivity index (χ1n) is 7.58. The van der Waals surface area contributed by atoms with Crippen LogP contribution in [0.25, 0.3) is 10.9 Å². The maximum absolute atomic E-state index is 11.1. The lowest BCUT2D eigenvalue weighted by Gasteiger charge is -2.27. The van der Waals surface area contributed by atoms with Crippen molar-refractivity contribution in [2.75, 3.05) is 6.54 Å². The first-order valence-corrected chi connectivity index (χ1v) is 7.96. The lowest BCUT2D eigenvalue weighted by Crippen LogP contribution is -2.28. The van der Waals surface area contributed by atoms with E-state index in [9.17, 15) is 9.90 Å². The van der Waals surface area contributed by atoms with Crippen molar-refractivity contribution < 1.29 is 9.90 Å². The van der Waals surface area contributed by atoms with E-state index in [0.717, 1.165) is 35.9 Å². The molecule has 0 bridgehead atoms. The molecule has 2 aromatic rings. The molecule has 0 spiro atoms. The second-order valence-corrected chi connectivity index (χ2v) is 7.09. The molecule has 2 saturated carbocycles. The van der Waals surface area contributed by atoms with Gasteiger partial charge in [-0.2, -0.15) is 5.10 Å². The molecule has 6 heteroatoms. The van der Waals surface area contributed by atoms with Gasteiger partial charge in [-0.15, -0.1) is 0 Å².